The maximum atomic E-state index is 14.8. The van der Waals surface area contributed by atoms with Crippen molar-refractivity contribution >= 4 is 17.6 Å². The van der Waals surface area contributed by atoms with Crippen molar-refractivity contribution in [3.05, 3.63) is 47.2 Å². The van der Waals surface area contributed by atoms with Crippen LogP contribution in [0.2, 0.25) is 0 Å². The molecule has 2 aliphatic carbocycles. The van der Waals surface area contributed by atoms with Crippen LogP contribution >= 0.6 is 0 Å². The van der Waals surface area contributed by atoms with Gasteiger partial charge >= 0.3 is 12.2 Å². The fourth-order valence-corrected chi connectivity index (χ4v) is 5.63. The Labute approximate surface area is 239 Å². The number of hydrogen-bond acceptors (Lipinski definition) is 6. The highest BCUT2D eigenvalue weighted by molar-refractivity contribution is 5.95. The highest BCUT2D eigenvalue weighted by Crippen LogP contribution is 2.50. The van der Waals surface area contributed by atoms with Gasteiger partial charge in [0, 0.05) is 25.3 Å². The molecule has 1 saturated heterocycles. The molecule has 2 saturated carbocycles. The number of nitrogens with zero attached hydrogens (tertiary/aromatic N) is 5. The first-order chi connectivity index (χ1) is 20.2. The second-order valence-electron chi connectivity index (χ2n) is 11.4. The third-order valence-electron chi connectivity index (χ3n) is 8.21. The summed E-state index contributed by atoms with van der Waals surface area (Å²) in [4.78, 5) is 30.8. The van der Waals surface area contributed by atoms with Gasteiger partial charge < -0.3 is 20.1 Å². The average molecular weight is 618 g/mol. The van der Waals surface area contributed by atoms with Crippen LogP contribution in [0.3, 0.4) is 0 Å². The summed E-state index contributed by atoms with van der Waals surface area (Å²) in [6.45, 7) is -0.772. The molecular weight excluding hydrogens is 591 g/mol. The number of halogens is 7. The van der Waals surface area contributed by atoms with Gasteiger partial charge in [0.25, 0.3) is 11.8 Å². The summed E-state index contributed by atoms with van der Waals surface area (Å²) in [5.41, 5.74) is -0.450. The van der Waals surface area contributed by atoms with Crippen molar-refractivity contribution in [3.8, 4) is 0 Å². The van der Waals surface area contributed by atoms with E-state index in [2.05, 4.69) is 20.6 Å². The number of nitrogens with one attached hydrogen (secondary N) is 2. The number of carbonyl (C=O) groups is 2. The minimum atomic E-state index is -4.60. The van der Waals surface area contributed by atoms with Crippen molar-refractivity contribution in [2.45, 2.75) is 75.2 Å². The van der Waals surface area contributed by atoms with E-state index in [1.165, 1.54) is 23.0 Å². The lowest BCUT2D eigenvalue weighted by molar-refractivity contribution is -0.149. The van der Waals surface area contributed by atoms with Gasteiger partial charge in [0.1, 0.15) is 17.9 Å². The molecule has 3 amide bonds. The van der Waals surface area contributed by atoms with Crippen LogP contribution in [0.25, 0.3) is 5.65 Å². The summed E-state index contributed by atoms with van der Waals surface area (Å²) in [6, 6.07) is -2.36. The Balaban J connectivity index is 1.25. The number of alkyl halides is 7. The molecule has 43 heavy (non-hydrogen) atoms. The molecule has 3 aromatic rings. The lowest BCUT2D eigenvalue weighted by Gasteiger charge is -2.33. The van der Waals surface area contributed by atoms with Gasteiger partial charge in [-0.15, -0.1) is 0 Å². The van der Waals surface area contributed by atoms with E-state index in [1.807, 2.05) is 5.32 Å². The summed E-state index contributed by atoms with van der Waals surface area (Å²) in [6.07, 6.45) is -1.27. The lowest BCUT2D eigenvalue weighted by atomic mass is 9.81. The Morgan fingerprint density at radius 2 is 1.88 bits per heavy atom. The Morgan fingerprint density at radius 3 is 2.53 bits per heavy atom. The number of fused-ring (bicyclic) bond motifs is 1. The van der Waals surface area contributed by atoms with Crippen LogP contribution in [0, 0.1) is 11.8 Å². The minimum absolute atomic E-state index is 0.0175. The molecule has 2 atom stereocenters. The molecule has 3 fully saturated rings. The van der Waals surface area contributed by atoms with E-state index in [-0.39, 0.29) is 43.6 Å². The number of urea groups is 1. The zero-order chi connectivity index (χ0) is 30.7. The van der Waals surface area contributed by atoms with Gasteiger partial charge in [0.05, 0.1) is 30.7 Å². The van der Waals surface area contributed by atoms with Crippen molar-refractivity contribution < 1.29 is 44.8 Å². The number of hydrogen-bond donors (Lipinski definition) is 2. The van der Waals surface area contributed by atoms with Crippen LogP contribution in [0.1, 0.15) is 71.9 Å². The van der Waals surface area contributed by atoms with Crippen molar-refractivity contribution in [1.29, 1.82) is 0 Å². The van der Waals surface area contributed by atoms with Gasteiger partial charge in [-0.3, -0.25) is 4.79 Å². The van der Waals surface area contributed by atoms with E-state index in [0.29, 0.717) is 5.56 Å². The third-order valence-corrected chi connectivity index (χ3v) is 8.21. The van der Waals surface area contributed by atoms with Gasteiger partial charge in [-0.25, -0.2) is 23.1 Å². The molecule has 17 heteroatoms. The predicted octanol–water partition coefficient (Wildman–Crippen LogP) is 4.97. The summed E-state index contributed by atoms with van der Waals surface area (Å²) in [7, 11) is 0. The standard InChI is InChI=1S/C26H26F7N7O3/c27-24(28)5-3-14(4-6-24)20(37-22(41)16-12-43-38-21(16)25(29,30)15-1-2-15)17-10-40-19(35-17)7-13(8-34-40)9-39-11-18(26(31,32)33)36-23(39)42/h7-8,10,12,14-15,18,20H,1-6,9,11H2,(H,36,42)(H,37,41)/t18-,20-/m0/s1. The van der Waals surface area contributed by atoms with E-state index in [0.717, 1.165) is 11.2 Å². The minimum Gasteiger partial charge on any atom is -0.363 e. The quantitative estimate of drug-likeness (QED) is 0.345. The molecule has 1 aliphatic heterocycles. The summed E-state index contributed by atoms with van der Waals surface area (Å²) in [5, 5.41) is 12.1. The Morgan fingerprint density at radius 1 is 1.16 bits per heavy atom. The number of rotatable bonds is 8. The molecule has 10 nitrogen and oxygen atoms in total. The zero-order valence-corrected chi connectivity index (χ0v) is 22.4. The first-order valence-corrected chi connectivity index (χ1v) is 13.7. The maximum Gasteiger partial charge on any atom is 0.410 e. The molecule has 232 valence electrons. The molecule has 0 bridgehead atoms. The summed E-state index contributed by atoms with van der Waals surface area (Å²) in [5.74, 6) is -8.65. The van der Waals surface area contributed by atoms with Crippen molar-refractivity contribution in [1.82, 2.24) is 35.3 Å². The van der Waals surface area contributed by atoms with E-state index < -0.39 is 84.5 Å². The average Bonchev–Trinajstić information content (AvgIpc) is 3.35. The molecule has 3 aliphatic rings. The Kier molecular flexibility index (Phi) is 7.03. The van der Waals surface area contributed by atoms with Gasteiger partial charge in [0.15, 0.2) is 11.3 Å². The SMILES string of the molecule is O=C(N[C@H](c1cn2ncc(CN3C[C@@H](C(F)(F)F)NC3=O)cc2n1)C1CCC(F)(F)CC1)c1conc1C(F)(F)C1CC1. The lowest BCUT2D eigenvalue weighted by Crippen LogP contribution is -2.40. The molecule has 4 heterocycles. The van der Waals surface area contributed by atoms with Crippen LogP contribution in [-0.4, -0.2) is 61.3 Å². The van der Waals surface area contributed by atoms with Crippen LogP contribution in [0.4, 0.5) is 35.5 Å². The molecule has 0 spiro atoms. The Bertz CT molecular complexity index is 1520. The highest BCUT2D eigenvalue weighted by Gasteiger charge is 2.52. The normalized spacial score (nSPS) is 22.2. The van der Waals surface area contributed by atoms with Crippen molar-refractivity contribution in [2.75, 3.05) is 6.54 Å². The summed E-state index contributed by atoms with van der Waals surface area (Å²) >= 11 is 0. The Hall–Kier alpha value is -3.92. The van der Waals surface area contributed by atoms with E-state index in [1.54, 1.807) is 0 Å². The molecular formula is C26H26F7N7O3. The van der Waals surface area contributed by atoms with E-state index >= 15 is 0 Å². The molecule has 2 N–H and O–H groups in total. The smallest absolute Gasteiger partial charge is 0.363 e. The second-order valence-corrected chi connectivity index (χ2v) is 11.4. The molecule has 0 unspecified atom stereocenters. The first-order valence-electron chi connectivity index (χ1n) is 13.7. The van der Waals surface area contributed by atoms with Crippen molar-refractivity contribution in [2.24, 2.45) is 11.8 Å². The van der Waals surface area contributed by atoms with Gasteiger partial charge in [-0.05, 0) is 43.2 Å². The van der Waals surface area contributed by atoms with Crippen LogP contribution < -0.4 is 10.6 Å². The van der Waals surface area contributed by atoms with Crippen molar-refractivity contribution in [3.63, 3.8) is 0 Å². The molecule has 3 aromatic heterocycles. The number of imidazole rings is 1. The van der Waals surface area contributed by atoms with Gasteiger partial charge in [0.2, 0.25) is 5.92 Å². The topological polar surface area (TPSA) is 118 Å². The monoisotopic (exact) mass is 617 g/mol. The fraction of sp³-hybridized carbons (Fsp3) is 0.577. The molecule has 0 aromatic carbocycles. The third kappa shape index (κ3) is 5.85. The van der Waals surface area contributed by atoms with Crippen LogP contribution in [0.5, 0.6) is 0 Å². The summed E-state index contributed by atoms with van der Waals surface area (Å²) < 4.78 is 103. The fourth-order valence-electron chi connectivity index (χ4n) is 5.63. The first kappa shape index (κ1) is 29.2. The second kappa shape index (κ2) is 10.4. The number of amides is 3. The zero-order valence-electron chi connectivity index (χ0n) is 22.4. The van der Waals surface area contributed by atoms with Crippen LogP contribution in [-0.2, 0) is 12.5 Å². The highest BCUT2D eigenvalue weighted by atomic mass is 19.4. The number of carbonyl (C=O) groups excluding carboxylic acids is 2. The predicted molar refractivity (Wildman–Crippen MR) is 132 cm³/mol. The molecule has 0 radical (unpaired) electrons. The molecule has 6 rings (SSSR count). The van der Waals surface area contributed by atoms with E-state index in [4.69, 9.17) is 4.52 Å². The van der Waals surface area contributed by atoms with Crippen LogP contribution in [0.15, 0.2) is 29.2 Å². The van der Waals surface area contributed by atoms with Gasteiger partial charge in [-0.1, -0.05) is 5.16 Å². The van der Waals surface area contributed by atoms with Gasteiger partial charge in [-0.2, -0.15) is 27.1 Å². The largest absolute Gasteiger partial charge is 0.410 e. The number of aromatic nitrogens is 4. The maximum absolute atomic E-state index is 14.8. The van der Waals surface area contributed by atoms with E-state index in [9.17, 15) is 40.3 Å².